The molecular weight excluding hydrogens is 412 g/mol. The Morgan fingerprint density at radius 2 is 1.66 bits per heavy atom. The number of rotatable bonds is 9. The molecule has 0 aliphatic carbocycles. The van der Waals surface area contributed by atoms with Crippen molar-refractivity contribution in [2.45, 2.75) is 13.1 Å². The molecule has 0 bridgehead atoms. The fraction of sp³-hybridized carbons (Fsp3) is 0.130. The number of ether oxygens (including phenoxy) is 1. The molecule has 0 unspecified atom stereocenters. The molecule has 1 heterocycles. The van der Waals surface area contributed by atoms with E-state index in [2.05, 4.69) is 21.2 Å². The summed E-state index contributed by atoms with van der Waals surface area (Å²) >= 11 is 0. The van der Waals surface area contributed by atoms with E-state index in [1.165, 1.54) is 12.5 Å². The van der Waals surface area contributed by atoms with Gasteiger partial charge in [0, 0.05) is 12.1 Å². The van der Waals surface area contributed by atoms with Gasteiger partial charge in [-0.3, -0.25) is 14.4 Å². The minimum Gasteiger partial charge on any atom is -0.483 e. The fourth-order valence-electron chi connectivity index (χ4n) is 2.58. The smallest absolute Gasteiger partial charge is 0.329 e. The number of furan rings is 1. The van der Waals surface area contributed by atoms with Gasteiger partial charge in [0.2, 0.25) is 0 Å². The number of amides is 3. The lowest BCUT2D eigenvalue weighted by Crippen LogP contribution is -2.37. The second kappa shape index (κ2) is 11.7. The predicted molar refractivity (Wildman–Crippen MR) is 117 cm³/mol. The summed E-state index contributed by atoms with van der Waals surface area (Å²) in [4.78, 5) is 35.7. The first kappa shape index (κ1) is 22.3. The fourth-order valence-corrected chi connectivity index (χ4v) is 2.58. The molecule has 0 radical (unpaired) electrons. The molecule has 2 aromatic carbocycles. The van der Waals surface area contributed by atoms with Crippen molar-refractivity contribution in [3.63, 3.8) is 0 Å². The summed E-state index contributed by atoms with van der Waals surface area (Å²) in [7, 11) is 0. The Labute approximate surface area is 184 Å². The maximum absolute atomic E-state index is 12.0. The molecule has 0 fully saturated rings. The summed E-state index contributed by atoms with van der Waals surface area (Å²) < 4.78 is 10.6. The van der Waals surface area contributed by atoms with E-state index in [-0.39, 0.29) is 19.1 Å². The van der Waals surface area contributed by atoms with Crippen LogP contribution >= 0.6 is 0 Å². The van der Waals surface area contributed by atoms with Gasteiger partial charge in [0.25, 0.3) is 5.91 Å². The summed E-state index contributed by atoms with van der Waals surface area (Å²) in [5, 5.41) is 8.97. The highest BCUT2D eigenvalue weighted by Crippen LogP contribution is 2.15. The summed E-state index contributed by atoms with van der Waals surface area (Å²) in [6, 6.07) is 19.8. The van der Waals surface area contributed by atoms with Gasteiger partial charge in [-0.1, -0.05) is 42.5 Å². The quantitative estimate of drug-likeness (QED) is 0.269. The normalized spacial score (nSPS) is 10.5. The molecule has 9 heteroatoms. The van der Waals surface area contributed by atoms with Crippen LogP contribution in [0, 0.1) is 0 Å². The molecule has 32 heavy (non-hydrogen) atoms. The third kappa shape index (κ3) is 7.13. The highest BCUT2D eigenvalue weighted by molar-refractivity contribution is 6.35. The first-order valence-electron chi connectivity index (χ1n) is 9.78. The van der Waals surface area contributed by atoms with Gasteiger partial charge in [-0.25, -0.2) is 5.43 Å². The van der Waals surface area contributed by atoms with E-state index >= 15 is 0 Å². The van der Waals surface area contributed by atoms with Crippen LogP contribution < -0.4 is 20.8 Å². The molecule has 164 valence electrons. The summed E-state index contributed by atoms with van der Waals surface area (Å²) in [6.45, 7) is 0.311. The van der Waals surface area contributed by atoms with E-state index in [1.807, 2.05) is 30.3 Å². The van der Waals surface area contributed by atoms with Crippen LogP contribution in [0.2, 0.25) is 0 Å². The van der Waals surface area contributed by atoms with E-state index in [9.17, 15) is 14.4 Å². The van der Waals surface area contributed by atoms with Crippen LogP contribution in [0.25, 0.3) is 0 Å². The lowest BCUT2D eigenvalue weighted by molar-refractivity contribution is -0.139. The molecule has 1 aromatic heterocycles. The van der Waals surface area contributed by atoms with Crippen LogP contribution in [0.4, 0.5) is 0 Å². The highest BCUT2D eigenvalue weighted by Gasteiger charge is 2.12. The lowest BCUT2D eigenvalue weighted by Gasteiger charge is -2.09. The van der Waals surface area contributed by atoms with Gasteiger partial charge in [-0.15, -0.1) is 0 Å². The Hall–Kier alpha value is -4.40. The highest BCUT2D eigenvalue weighted by atomic mass is 16.5. The molecule has 9 nitrogen and oxygen atoms in total. The molecule has 0 saturated heterocycles. The largest absolute Gasteiger partial charge is 0.483 e. The first-order valence-corrected chi connectivity index (χ1v) is 9.78. The molecule has 3 amide bonds. The van der Waals surface area contributed by atoms with Crippen molar-refractivity contribution in [2.24, 2.45) is 5.10 Å². The van der Waals surface area contributed by atoms with Crippen molar-refractivity contribution in [1.29, 1.82) is 0 Å². The number of hydrogen-bond donors (Lipinski definition) is 3. The Balaban J connectivity index is 1.45. The lowest BCUT2D eigenvalue weighted by atomic mass is 10.2. The second-order valence-electron chi connectivity index (χ2n) is 6.55. The van der Waals surface area contributed by atoms with Crippen molar-refractivity contribution in [3.05, 3.63) is 89.9 Å². The zero-order chi connectivity index (χ0) is 22.6. The minimum atomic E-state index is -0.925. The summed E-state index contributed by atoms with van der Waals surface area (Å²) in [5.41, 5.74) is 3.66. The maximum Gasteiger partial charge on any atom is 0.329 e. The van der Waals surface area contributed by atoms with Gasteiger partial charge in [0.15, 0.2) is 6.61 Å². The molecule has 0 spiro atoms. The SMILES string of the molecule is O=C(COc1ccccc1/C=N\NC(=O)C(=O)NCc1ccco1)NCc1ccccc1. The molecule has 0 atom stereocenters. The number of carbonyl (C=O) groups excluding carboxylic acids is 3. The standard InChI is InChI=1S/C23H22N4O5/c28-21(24-13-17-7-2-1-3-8-17)16-32-20-11-5-4-9-18(20)14-26-27-23(30)22(29)25-15-19-10-6-12-31-19/h1-12,14H,13,15-16H2,(H,24,28)(H,25,29)(H,27,30)/b26-14-. The number of nitrogens with zero attached hydrogens (tertiary/aromatic N) is 1. The Bertz CT molecular complexity index is 1070. The topological polar surface area (TPSA) is 122 Å². The zero-order valence-corrected chi connectivity index (χ0v) is 17.1. The van der Waals surface area contributed by atoms with Crippen molar-refractivity contribution >= 4 is 23.9 Å². The van der Waals surface area contributed by atoms with Crippen LogP contribution in [0.5, 0.6) is 5.75 Å². The Morgan fingerprint density at radius 3 is 2.44 bits per heavy atom. The molecule has 0 aliphatic heterocycles. The van der Waals surface area contributed by atoms with Crippen molar-refractivity contribution in [2.75, 3.05) is 6.61 Å². The second-order valence-corrected chi connectivity index (χ2v) is 6.55. The van der Waals surface area contributed by atoms with E-state index < -0.39 is 11.8 Å². The molecular formula is C23H22N4O5. The molecule has 3 rings (SSSR count). The van der Waals surface area contributed by atoms with E-state index in [4.69, 9.17) is 9.15 Å². The van der Waals surface area contributed by atoms with Gasteiger partial charge < -0.3 is 19.8 Å². The van der Waals surface area contributed by atoms with Gasteiger partial charge in [0.05, 0.1) is 19.0 Å². The first-order chi connectivity index (χ1) is 15.6. The van der Waals surface area contributed by atoms with Crippen LogP contribution in [0.3, 0.4) is 0 Å². The van der Waals surface area contributed by atoms with Gasteiger partial charge in [-0.05, 0) is 29.8 Å². The van der Waals surface area contributed by atoms with Gasteiger partial charge in [0.1, 0.15) is 11.5 Å². The van der Waals surface area contributed by atoms with Crippen LogP contribution in [0.1, 0.15) is 16.9 Å². The van der Waals surface area contributed by atoms with E-state index in [0.717, 1.165) is 5.56 Å². The van der Waals surface area contributed by atoms with Crippen LogP contribution in [-0.4, -0.2) is 30.5 Å². The van der Waals surface area contributed by atoms with Crippen LogP contribution in [-0.2, 0) is 27.5 Å². The third-order valence-electron chi connectivity index (χ3n) is 4.19. The maximum atomic E-state index is 12.0. The number of para-hydroxylation sites is 1. The molecule has 3 aromatic rings. The number of carbonyl (C=O) groups is 3. The zero-order valence-electron chi connectivity index (χ0n) is 17.1. The van der Waals surface area contributed by atoms with Crippen molar-refractivity contribution in [3.8, 4) is 5.75 Å². The number of benzene rings is 2. The number of hydrogen-bond acceptors (Lipinski definition) is 6. The predicted octanol–water partition coefficient (Wildman–Crippen LogP) is 1.74. The summed E-state index contributed by atoms with van der Waals surface area (Å²) in [6.07, 6.45) is 2.80. The average Bonchev–Trinajstić information content (AvgIpc) is 3.35. The van der Waals surface area contributed by atoms with E-state index in [1.54, 1.807) is 36.4 Å². The monoisotopic (exact) mass is 434 g/mol. The summed E-state index contributed by atoms with van der Waals surface area (Å²) in [5.74, 6) is -1.12. The Kier molecular flexibility index (Phi) is 8.15. The minimum absolute atomic E-state index is 0.0893. The molecule has 0 aliphatic rings. The molecule has 0 saturated carbocycles. The van der Waals surface area contributed by atoms with Gasteiger partial charge in [-0.2, -0.15) is 5.10 Å². The van der Waals surface area contributed by atoms with Crippen molar-refractivity contribution in [1.82, 2.24) is 16.1 Å². The molecule has 3 N–H and O–H groups in total. The third-order valence-corrected chi connectivity index (χ3v) is 4.19. The van der Waals surface area contributed by atoms with Crippen LogP contribution in [0.15, 0.2) is 82.5 Å². The average molecular weight is 434 g/mol. The van der Waals surface area contributed by atoms with E-state index in [0.29, 0.717) is 23.6 Å². The number of nitrogens with one attached hydrogen (secondary N) is 3. The van der Waals surface area contributed by atoms with Crippen molar-refractivity contribution < 1.29 is 23.5 Å². The Morgan fingerprint density at radius 1 is 0.875 bits per heavy atom. The van der Waals surface area contributed by atoms with Gasteiger partial charge >= 0.3 is 11.8 Å². The number of hydrazone groups is 1.